The molecule has 1 aromatic rings. The van der Waals surface area contributed by atoms with Crippen LogP contribution in [0.25, 0.3) is 0 Å². The lowest BCUT2D eigenvalue weighted by Crippen LogP contribution is -2.20. The molecule has 1 fully saturated rings. The second-order valence-electron chi connectivity index (χ2n) is 5.25. The number of hydrogen-bond donors (Lipinski definition) is 2. The van der Waals surface area contributed by atoms with Gasteiger partial charge in [0.1, 0.15) is 0 Å². The minimum Gasteiger partial charge on any atom is -0.478 e. The van der Waals surface area contributed by atoms with Crippen molar-refractivity contribution in [2.75, 3.05) is 11.1 Å². The number of carbonyl (C=O) groups is 1. The van der Waals surface area contributed by atoms with Crippen molar-refractivity contribution in [1.29, 1.82) is 0 Å². The zero-order valence-corrected chi connectivity index (χ0v) is 12.8. The van der Waals surface area contributed by atoms with Gasteiger partial charge in [-0.25, -0.2) is 4.79 Å². The predicted octanol–water partition coefficient (Wildman–Crippen LogP) is 4.63. The van der Waals surface area contributed by atoms with Gasteiger partial charge in [-0.1, -0.05) is 38.7 Å². The molecule has 1 saturated carbocycles. The number of carboxylic acids is 1. The molecule has 3 nitrogen and oxygen atoms in total. The molecule has 1 aromatic carbocycles. The van der Waals surface area contributed by atoms with Gasteiger partial charge in [0.05, 0.1) is 11.3 Å². The zero-order valence-electron chi connectivity index (χ0n) is 12.0. The summed E-state index contributed by atoms with van der Waals surface area (Å²) in [6, 6.07) is 6.16. The van der Waals surface area contributed by atoms with Crippen LogP contribution in [-0.2, 0) is 0 Å². The molecule has 0 radical (unpaired) electrons. The molecule has 0 spiro atoms. The lowest BCUT2D eigenvalue weighted by atomic mass is 10.1. The summed E-state index contributed by atoms with van der Waals surface area (Å²) in [7, 11) is 0. The zero-order chi connectivity index (χ0) is 14.4. The second-order valence-corrected chi connectivity index (χ2v) is 6.56. The van der Waals surface area contributed by atoms with Crippen molar-refractivity contribution in [3.8, 4) is 0 Å². The molecule has 1 aliphatic rings. The molecule has 2 rings (SSSR count). The lowest BCUT2D eigenvalue weighted by molar-refractivity contribution is 0.0694. The molecule has 0 aromatic heterocycles. The summed E-state index contributed by atoms with van der Waals surface area (Å²) in [6.45, 7) is 2.04. The maximum Gasteiger partial charge on any atom is 0.338 e. The van der Waals surface area contributed by atoms with Gasteiger partial charge in [0.25, 0.3) is 0 Å². The molecule has 110 valence electrons. The predicted molar refractivity (Wildman–Crippen MR) is 84.9 cm³/mol. The number of carboxylic acid groups (broad SMARTS) is 1. The van der Waals surface area contributed by atoms with E-state index < -0.39 is 5.97 Å². The quantitative estimate of drug-likeness (QED) is 0.614. The number of aromatic carboxylic acids is 1. The first kappa shape index (κ1) is 15.2. The number of anilines is 1. The summed E-state index contributed by atoms with van der Waals surface area (Å²) in [5.74, 6) is 0.0466. The molecule has 0 heterocycles. The average Bonchev–Trinajstić information content (AvgIpc) is 2.67. The van der Waals surface area contributed by atoms with E-state index in [9.17, 15) is 9.90 Å². The van der Waals surface area contributed by atoms with E-state index in [2.05, 4.69) is 5.32 Å². The molecule has 0 unspecified atom stereocenters. The van der Waals surface area contributed by atoms with Crippen LogP contribution < -0.4 is 5.32 Å². The van der Waals surface area contributed by atoms with Gasteiger partial charge in [0, 0.05) is 10.9 Å². The Hall–Kier alpha value is -1.16. The van der Waals surface area contributed by atoms with Gasteiger partial charge in [0.15, 0.2) is 0 Å². The monoisotopic (exact) mass is 293 g/mol. The highest BCUT2D eigenvalue weighted by Gasteiger charge is 2.19. The SMILES string of the molecule is CCSc1cccc(NC2CCCCCC2)c1C(=O)O. The Morgan fingerprint density at radius 1 is 1.30 bits per heavy atom. The summed E-state index contributed by atoms with van der Waals surface area (Å²) in [5, 5.41) is 13.0. The molecular weight excluding hydrogens is 270 g/mol. The van der Waals surface area contributed by atoms with Crippen LogP contribution in [0.15, 0.2) is 23.1 Å². The minimum atomic E-state index is -0.835. The van der Waals surface area contributed by atoms with Crippen molar-refractivity contribution >= 4 is 23.4 Å². The molecule has 1 aliphatic carbocycles. The van der Waals surface area contributed by atoms with Gasteiger partial charge in [0.2, 0.25) is 0 Å². The minimum absolute atomic E-state index is 0.414. The summed E-state index contributed by atoms with van der Waals surface area (Å²) in [6.07, 6.45) is 7.37. The Morgan fingerprint density at radius 2 is 2.00 bits per heavy atom. The van der Waals surface area contributed by atoms with Crippen LogP contribution in [0.4, 0.5) is 5.69 Å². The molecule has 0 aliphatic heterocycles. The molecule has 0 atom stereocenters. The molecule has 0 amide bonds. The van der Waals surface area contributed by atoms with Gasteiger partial charge in [-0.05, 0) is 30.7 Å². The highest BCUT2D eigenvalue weighted by Crippen LogP contribution is 2.30. The van der Waals surface area contributed by atoms with Crippen molar-refractivity contribution in [3.05, 3.63) is 23.8 Å². The van der Waals surface area contributed by atoms with E-state index in [0.717, 1.165) is 29.2 Å². The van der Waals surface area contributed by atoms with Crippen LogP contribution in [0.2, 0.25) is 0 Å². The molecule has 0 saturated heterocycles. The second kappa shape index (κ2) is 7.58. The fourth-order valence-electron chi connectivity index (χ4n) is 2.79. The fourth-order valence-corrected chi connectivity index (χ4v) is 3.62. The highest BCUT2D eigenvalue weighted by molar-refractivity contribution is 7.99. The molecular formula is C16H23NO2S. The summed E-state index contributed by atoms with van der Waals surface area (Å²) in [5.41, 5.74) is 1.21. The summed E-state index contributed by atoms with van der Waals surface area (Å²) in [4.78, 5) is 12.4. The van der Waals surface area contributed by atoms with Gasteiger partial charge < -0.3 is 10.4 Å². The smallest absolute Gasteiger partial charge is 0.338 e. The van der Waals surface area contributed by atoms with Crippen LogP contribution >= 0.6 is 11.8 Å². The Balaban J connectivity index is 2.21. The van der Waals surface area contributed by atoms with Crippen LogP contribution in [0.3, 0.4) is 0 Å². The molecule has 0 bridgehead atoms. The van der Waals surface area contributed by atoms with E-state index in [0.29, 0.717) is 11.6 Å². The third-order valence-electron chi connectivity index (χ3n) is 3.75. The van der Waals surface area contributed by atoms with Crippen molar-refractivity contribution in [2.45, 2.75) is 56.4 Å². The Bertz CT molecular complexity index is 454. The van der Waals surface area contributed by atoms with Crippen molar-refractivity contribution in [2.24, 2.45) is 0 Å². The number of benzene rings is 1. The lowest BCUT2D eigenvalue weighted by Gasteiger charge is -2.20. The van der Waals surface area contributed by atoms with E-state index in [1.165, 1.54) is 25.7 Å². The van der Waals surface area contributed by atoms with E-state index in [1.807, 2.05) is 25.1 Å². The standard InChI is InChI=1S/C16H23NO2S/c1-2-20-14-11-7-10-13(15(14)16(18)19)17-12-8-5-3-4-6-9-12/h7,10-12,17H,2-6,8-9H2,1H3,(H,18,19). The number of rotatable bonds is 5. The summed E-state index contributed by atoms with van der Waals surface area (Å²) < 4.78 is 0. The van der Waals surface area contributed by atoms with Crippen LogP contribution in [-0.4, -0.2) is 22.9 Å². The fraction of sp³-hybridized carbons (Fsp3) is 0.562. The van der Waals surface area contributed by atoms with Crippen LogP contribution in [0.1, 0.15) is 55.8 Å². The molecule has 2 N–H and O–H groups in total. The number of nitrogens with one attached hydrogen (secondary N) is 1. The van der Waals surface area contributed by atoms with E-state index in [1.54, 1.807) is 11.8 Å². The van der Waals surface area contributed by atoms with Gasteiger partial charge >= 0.3 is 5.97 Å². The van der Waals surface area contributed by atoms with E-state index in [4.69, 9.17) is 0 Å². The maximum atomic E-state index is 11.6. The van der Waals surface area contributed by atoms with Crippen molar-refractivity contribution < 1.29 is 9.90 Å². The summed E-state index contributed by atoms with van der Waals surface area (Å²) >= 11 is 1.59. The topological polar surface area (TPSA) is 49.3 Å². The third-order valence-corrected chi connectivity index (χ3v) is 4.69. The van der Waals surface area contributed by atoms with E-state index >= 15 is 0 Å². The first-order valence-electron chi connectivity index (χ1n) is 7.48. The Labute approximate surface area is 125 Å². The molecule has 20 heavy (non-hydrogen) atoms. The van der Waals surface area contributed by atoms with Crippen molar-refractivity contribution in [3.63, 3.8) is 0 Å². The van der Waals surface area contributed by atoms with Crippen LogP contribution in [0.5, 0.6) is 0 Å². The molecule has 4 heteroatoms. The Morgan fingerprint density at radius 3 is 2.60 bits per heavy atom. The number of hydrogen-bond acceptors (Lipinski definition) is 3. The number of thioether (sulfide) groups is 1. The maximum absolute atomic E-state index is 11.6. The van der Waals surface area contributed by atoms with Gasteiger partial charge in [-0.15, -0.1) is 11.8 Å². The highest BCUT2D eigenvalue weighted by atomic mass is 32.2. The van der Waals surface area contributed by atoms with Gasteiger partial charge in [-0.2, -0.15) is 0 Å². The largest absolute Gasteiger partial charge is 0.478 e. The average molecular weight is 293 g/mol. The first-order chi connectivity index (χ1) is 9.72. The Kier molecular flexibility index (Phi) is 5.77. The van der Waals surface area contributed by atoms with E-state index in [-0.39, 0.29) is 0 Å². The first-order valence-corrected chi connectivity index (χ1v) is 8.46. The van der Waals surface area contributed by atoms with Crippen LogP contribution in [0, 0.1) is 0 Å². The third kappa shape index (κ3) is 3.92. The van der Waals surface area contributed by atoms with Crippen molar-refractivity contribution in [1.82, 2.24) is 0 Å². The van der Waals surface area contributed by atoms with Gasteiger partial charge in [-0.3, -0.25) is 0 Å². The normalized spacial score (nSPS) is 16.6.